The molecule has 0 fully saturated rings. The van der Waals surface area contributed by atoms with Crippen LogP contribution in [0.25, 0.3) is 0 Å². The summed E-state index contributed by atoms with van der Waals surface area (Å²) in [6.07, 6.45) is -4.72. The van der Waals surface area contributed by atoms with Crippen molar-refractivity contribution in [3.05, 3.63) is 29.3 Å². The third-order valence-electron chi connectivity index (χ3n) is 1.89. The highest BCUT2D eigenvalue weighted by molar-refractivity contribution is 5.38. The molecule has 0 radical (unpaired) electrons. The number of ether oxygens (including phenoxy) is 1. The number of hydrogen-bond acceptors (Lipinski definition) is 2. The van der Waals surface area contributed by atoms with E-state index in [4.69, 9.17) is 10.00 Å². The largest absolute Gasteiger partial charge is 0.497 e. The standard InChI is InChI=1S/C10H8F3NO/c1-15-8-2-3-9(10(11,12)13)7(6-8)4-5-14/h2-3,6H,4H2,1H3. The van der Waals surface area contributed by atoms with Gasteiger partial charge in [-0.3, -0.25) is 0 Å². The minimum Gasteiger partial charge on any atom is -0.497 e. The van der Waals surface area contributed by atoms with Gasteiger partial charge in [0, 0.05) is 0 Å². The van der Waals surface area contributed by atoms with Crippen LogP contribution >= 0.6 is 0 Å². The Hall–Kier alpha value is -1.70. The first kappa shape index (κ1) is 11.4. The monoisotopic (exact) mass is 215 g/mol. The van der Waals surface area contributed by atoms with E-state index >= 15 is 0 Å². The molecule has 0 aromatic heterocycles. The van der Waals surface area contributed by atoms with E-state index in [1.807, 2.05) is 0 Å². The number of alkyl halides is 3. The van der Waals surface area contributed by atoms with E-state index in [0.29, 0.717) is 5.75 Å². The highest BCUT2D eigenvalue weighted by Gasteiger charge is 2.33. The topological polar surface area (TPSA) is 33.0 Å². The number of hydrogen-bond donors (Lipinski definition) is 0. The van der Waals surface area contributed by atoms with Crippen LogP contribution < -0.4 is 4.74 Å². The van der Waals surface area contributed by atoms with Gasteiger partial charge in [-0.2, -0.15) is 18.4 Å². The molecule has 0 bridgehead atoms. The Morgan fingerprint density at radius 1 is 1.40 bits per heavy atom. The van der Waals surface area contributed by atoms with Crippen LogP contribution in [0.3, 0.4) is 0 Å². The van der Waals surface area contributed by atoms with Gasteiger partial charge in [-0.15, -0.1) is 0 Å². The van der Waals surface area contributed by atoms with Crippen molar-refractivity contribution in [1.29, 1.82) is 5.26 Å². The van der Waals surface area contributed by atoms with Crippen molar-refractivity contribution in [3.63, 3.8) is 0 Å². The van der Waals surface area contributed by atoms with Crippen LogP contribution in [0, 0.1) is 11.3 Å². The second-order valence-corrected chi connectivity index (χ2v) is 2.86. The van der Waals surface area contributed by atoms with Gasteiger partial charge in [0.2, 0.25) is 0 Å². The molecule has 0 spiro atoms. The second kappa shape index (κ2) is 4.22. The molecule has 15 heavy (non-hydrogen) atoms. The van der Waals surface area contributed by atoms with Crippen molar-refractivity contribution in [3.8, 4) is 11.8 Å². The molecule has 0 amide bonds. The summed E-state index contributed by atoms with van der Waals surface area (Å²) in [5.41, 5.74) is -0.853. The molecule has 0 heterocycles. The van der Waals surface area contributed by atoms with Crippen molar-refractivity contribution >= 4 is 0 Å². The summed E-state index contributed by atoms with van der Waals surface area (Å²) < 4.78 is 42.2. The first-order valence-corrected chi connectivity index (χ1v) is 4.10. The summed E-state index contributed by atoms with van der Waals surface area (Å²) in [7, 11) is 1.36. The lowest BCUT2D eigenvalue weighted by molar-refractivity contribution is -0.138. The molecule has 0 aliphatic rings. The van der Waals surface area contributed by atoms with Gasteiger partial charge in [0.25, 0.3) is 0 Å². The van der Waals surface area contributed by atoms with Crippen LogP contribution in [-0.2, 0) is 12.6 Å². The zero-order valence-electron chi connectivity index (χ0n) is 7.93. The van der Waals surface area contributed by atoms with E-state index in [1.165, 1.54) is 19.2 Å². The fraction of sp³-hybridized carbons (Fsp3) is 0.300. The molecule has 1 aromatic rings. The maximum atomic E-state index is 12.5. The summed E-state index contributed by atoms with van der Waals surface area (Å²) in [6, 6.07) is 5.07. The first-order chi connectivity index (χ1) is 6.99. The molecule has 0 aliphatic heterocycles. The third kappa shape index (κ3) is 2.62. The molecule has 0 atom stereocenters. The number of halogens is 3. The molecule has 80 valence electrons. The maximum absolute atomic E-state index is 12.5. The van der Waals surface area contributed by atoms with Crippen molar-refractivity contribution in [1.82, 2.24) is 0 Å². The number of nitriles is 1. The Kier molecular flexibility index (Phi) is 3.20. The minimum absolute atomic E-state index is 0.0654. The quantitative estimate of drug-likeness (QED) is 0.759. The van der Waals surface area contributed by atoms with Gasteiger partial charge >= 0.3 is 6.18 Å². The first-order valence-electron chi connectivity index (χ1n) is 4.10. The van der Waals surface area contributed by atoms with E-state index < -0.39 is 11.7 Å². The van der Waals surface area contributed by atoms with E-state index in [9.17, 15) is 13.2 Å². The van der Waals surface area contributed by atoms with Crippen LogP contribution in [-0.4, -0.2) is 7.11 Å². The van der Waals surface area contributed by atoms with Gasteiger partial charge in [0.05, 0.1) is 25.2 Å². The van der Waals surface area contributed by atoms with Crippen molar-refractivity contribution in [2.24, 2.45) is 0 Å². The van der Waals surface area contributed by atoms with Gasteiger partial charge in [0.1, 0.15) is 5.75 Å². The molecule has 5 heteroatoms. The van der Waals surface area contributed by atoms with E-state index in [0.717, 1.165) is 6.07 Å². The number of rotatable bonds is 2. The summed E-state index contributed by atoms with van der Waals surface area (Å²) in [5, 5.41) is 8.42. The van der Waals surface area contributed by atoms with Crippen molar-refractivity contribution < 1.29 is 17.9 Å². The Morgan fingerprint density at radius 2 is 2.07 bits per heavy atom. The van der Waals surface area contributed by atoms with Gasteiger partial charge in [-0.05, 0) is 23.8 Å². The van der Waals surface area contributed by atoms with Gasteiger partial charge in [-0.25, -0.2) is 0 Å². The lowest BCUT2D eigenvalue weighted by Gasteiger charge is -2.11. The highest BCUT2D eigenvalue weighted by atomic mass is 19.4. The summed E-state index contributed by atoms with van der Waals surface area (Å²) >= 11 is 0. The van der Waals surface area contributed by atoms with Crippen LogP contribution in [0.1, 0.15) is 11.1 Å². The smallest absolute Gasteiger partial charge is 0.416 e. The van der Waals surface area contributed by atoms with Crippen LogP contribution in [0.4, 0.5) is 13.2 Å². The molecular formula is C10H8F3NO. The minimum atomic E-state index is -4.43. The predicted molar refractivity (Wildman–Crippen MR) is 47.3 cm³/mol. The fourth-order valence-corrected chi connectivity index (χ4v) is 1.21. The van der Waals surface area contributed by atoms with Crippen LogP contribution in [0.15, 0.2) is 18.2 Å². The van der Waals surface area contributed by atoms with Crippen molar-refractivity contribution in [2.75, 3.05) is 7.11 Å². The normalized spacial score (nSPS) is 10.9. The average molecular weight is 215 g/mol. The molecule has 0 unspecified atom stereocenters. The molecule has 1 rings (SSSR count). The molecule has 0 saturated heterocycles. The Balaban J connectivity index is 3.22. The molecule has 0 aliphatic carbocycles. The second-order valence-electron chi connectivity index (χ2n) is 2.86. The zero-order chi connectivity index (χ0) is 11.5. The fourth-order valence-electron chi connectivity index (χ4n) is 1.21. The predicted octanol–water partition coefficient (Wildman–Crippen LogP) is 2.78. The SMILES string of the molecule is COc1ccc(C(F)(F)F)c(CC#N)c1. The molecule has 0 saturated carbocycles. The Bertz CT molecular complexity index is 393. The zero-order valence-corrected chi connectivity index (χ0v) is 7.93. The van der Waals surface area contributed by atoms with Crippen molar-refractivity contribution in [2.45, 2.75) is 12.6 Å². The third-order valence-corrected chi connectivity index (χ3v) is 1.89. The van der Waals surface area contributed by atoms with Gasteiger partial charge in [-0.1, -0.05) is 0 Å². The van der Waals surface area contributed by atoms with E-state index in [1.54, 1.807) is 6.07 Å². The molecule has 1 aromatic carbocycles. The maximum Gasteiger partial charge on any atom is 0.416 e. The summed E-state index contributed by atoms with van der Waals surface area (Å²) in [6.45, 7) is 0. The summed E-state index contributed by atoms with van der Waals surface area (Å²) in [5.74, 6) is 0.313. The lowest BCUT2D eigenvalue weighted by Crippen LogP contribution is -2.09. The molecular weight excluding hydrogens is 207 g/mol. The Morgan fingerprint density at radius 3 is 2.53 bits per heavy atom. The average Bonchev–Trinajstić information content (AvgIpc) is 2.16. The van der Waals surface area contributed by atoms with E-state index in [-0.39, 0.29) is 12.0 Å². The van der Waals surface area contributed by atoms with Crippen LogP contribution in [0.2, 0.25) is 0 Å². The molecule has 2 nitrogen and oxygen atoms in total. The summed E-state index contributed by atoms with van der Waals surface area (Å²) in [4.78, 5) is 0. The number of methoxy groups -OCH3 is 1. The number of nitrogens with zero attached hydrogens (tertiary/aromatic N) is 1. The van der Waals surface area contributed by atoms with Crippen LogP contribution in [0.5, 0.6) is 5.75 Å². The Labute approximate surface area is 84.9 Å². The highest BCUT2D eigenvalue weighted by Crippen LogP contribution is 2.33. The molecule has 0 N–H and O–H groups in total. The lowest BCUT2D eigenvalue weighted by atomic mass is 10.0. The number of benzene rings is 1. The van der Waals surface area contributed by atoms with E-state index in [2.05, 4.69) is 0 Å². The van der Waals surface area contributed by atoms with Gasteiger partial charge < -0.3 is 4.74 Å². The van der Waals surface area contributed by atoms with Gasteiger partial charge in [0.15, 0.2) is 0 Å².